The minimum absolute atomic E-state index is 0.0967. The van der Waals surface area contributed by atoms with Gasteiger partial charge < -0.3 is 10.4 Å². The topological polar surface area (TPSA) is 32.3 Å². The van der Waals surface area contributed by atoms with Gasteiger partial charge in [0.05, 0.1) is 6.10 Å². The summed E-state index contributed by atoms with van der Waals surface area (Å²) in [4.78, 5) is 0. The van der Waals surface area contributed by atoms with Crippen LogP contribution in [0.15, 0.2) is 18.2 Å². The predicted molar refractivity (Wildman–Crippen MR) is 75.8 cm³/mol. The number of fused-ring (bicyclic) bond motifs is 1. The van der Waals surface area contributed by atoms with E-state index in [9.17, 15) is 5.11 Å². The minimum atomic E-state index is -0.412. The normalized spacial score (nSPS) is 19.3. The van der Waals surface area contributed by atoms with Crippen LogP contribution in [0.2, 0.25) is 0 Å². The number of aryl methyl sites for hydroxylation is 2. The molecule has 0 aromatic heterocycles. The molecule has 1 aliphatic rings. The largest absolute Gasteiger partial charge is 0.387 e. The zero-order chi connectivity index (χ0) is 13.1. The van der Waals surface area contributed by atoms with Gasteiger partial charge in [0.1, 0.15) is 0 Å². The van der Waals surface area contributed by atoms with E-state index in [1.807, 2.05) is 0 Å². The third-order valence-electron chi connectivity index (χ3n) is 4.10. The summed E-state index contributed by atoms with van der Waals surface area (Å²) in [5, 5.41) is 13.8. The van der Waals surface area contributed by atoms with E-state index in [4.69, 9.17) is 0 Å². The second kappa shape index (κ2) is 5.85. The monoisotopic (exact) mass is 247 g/mol. The van der Waals surface area contributed by atoms with E-state index in [1.165, 1.54) is 30.4 Å². The summed E-state index contributed by atoms with van der Waals surface area (Å²) >= 11 is 0. The molecule has 0 aliphatic heterocycles. The maximum absolute atomic E-state index is 10.4. The molecule has 1 aromatic carbocycles. The molecule has 18 heavy (non-hydrogen) atoms. The Morgan fingerprint density at radius 3 is 2.67 bits per heavy atom. The molecule has 1 aliphatic carbocycles. The highest BCUT2D eigenvalue weighted by Gasteiger charge is 2.19. The lowest BCUT2D eigenvalue weighted by Crippen LogP contribution is -2.38. The molecule has 0 fully saturated rings. The maximum Gasteiger partial charge on any atom is 0.0940 e. The second-order valence-corrected chi connectivity index (χ2v) is 5.59. The maximum atomic E-state index is 10.4. The van der Waals surface area contributed by atoms with Crippen molar-refractivity contribution in [1.29, 1.82) is 0 Å². The number of hydrogen-bond acceptors (Lipinski definition) is 2. The Balaban J connectivity index is 2.06. The van der Waals surface area contributed by atoms with E-state index in [1.54, 1.807) is 0 Å². The summed E-state index contributed by atoms with van der Waals surface area (Å²) in [6, 6.07) is 7.02. The molecular weight excluding hydrogens is 222 g/mol. The van der Waals surface area contributed by atoms with Crippen molar-refractivity contribution in [3.8, 4) is 0 Å². The minimum Gasteiger partial charge on any atom is -0.387 e. The lowest BCUT2D eigenvalue weighted by atomic mass is 9.98. The summed E-state index contributed by atoms with van der Waals surface area (Å²) in [5.41, 5.74) is 3.95. The van der Waals surface area contributed by atoms with Crippen molar-refractivity contribution >= 4 is 0 Å². The second-order valence-electron chi connectivity index (χ2n) is 5.59. The first-order valence-corrected chi connectivity index (χ1v) is 7.17. The third kappa shape index (κ3) is 2.93. The Bertz CT molecular complexity index is 402. The highest BCUT2D eigenvalue weighted by atomic mass is 16.3. The standard InChI is InChI=1S/C16H25NO/c1-4-11(2)17-12(3)16(18)15-9-8-13-6-5-7-14(13)10-15/h8-12,16-18H,4-7H2,1-3H3. The van der Waals surface area contributed by atoms with Crippen LogP contribution in [-0.2, 0) is 12.8 Å². The van der Waals surface area contributed by atoms with E-state index >= 15 is 0 Å². The molecule has 0 amide bonds. The van der Waals surface area contributed by atoms with Gasteiger partial charge in [0.25, 0.3) is 0 Å². The van der Waals surface area contributed by atoms with Crippen molar-refractivity contribution in [2.75, 3.05) is 0 Å². The van der Waals surface area contributed by atoms with Crippen LogP contribution in [0.1, 0.15) is 56.4 Å². The Hall–Kier alpha value is -0.860. The van der Waals surface area contributed by atoms with Gasteiger partial charge in [0.2, 0.25) is 0 Å². The Kier molecular flexibility index (Phi) is 4.41. The van der Waals surface area contributed by atoms with Gasteiger partial charge in [-0.2, -0.15) is 0 Å². The summed E-state index contributed by atoms with van der Waals surface area (Å²) < 4.78 is 0. The van der Waals surface area contributed by atoms with E-state index < -0.39 is 6.10 Å². The van der Waals surface area contributed by atoms with Crippen molar-refractivity contribution in [1.82, 2.24) is 5.32 Å². The van der Waals surface area contributed by atoms with E-state index in [0.717, 1.165) is 12.0 Å². The number of aliphatic hydroxyl groups excluding tert-OH is 1. The Morgan fingerprint density at radius 1 is 1.22 bits per heavy atom. The molecule has 0 radical (unpaired) electrons. The molecule has 3 atom stereocenters. The Morgan fingerprint density at radius 2 is 1.94 bits per heavy atom. The first-order valence-electron chi connectivity index (χ1n) is 7.17. The van der Waals surface area contributed by atoms with Gasteiger partial charge >= 0.3 is 0 Å². The van der Waals surface area contributed by atoms with Crippen molar-refractivity contribution in [2.45, 2.75) is 64.6 Å². The van der Waals surface area contributed by atoms with Gasteiger partial charge in [0, 0.05) is 12.1 Å². The third-order valence-corrected chi connectivity index (χ3v) is 4.10. The van der Waals surface area contributed by atoms with Crippen LogP contribution >= 0.6 is 0 Å². The van der Waals surface area contributed by atoms with Gasteiger partial charge in [-0.25, -0.2) is 0 Å². The molecule has 100 valence electrons. The molecule has 2 N–H and O–H groups in total. The lowest BCUT2D eigenvalue weighted by molar-refractivity contribution is 0.130. The molecule has 2 rings (SSSR count). The highest BCUT2D eigenvalue weighted by molar-refractivity contribution is 5.36. The van der Waals surface area contributed by atoms with Gasteiger partial charge in [-0.1, -0.05) is 25.1 Å². The van der Waals surface area contributed by atoms with Gasteiger partial charge in [-0.05, 0) is 56.2 Å². The molecule has 2 heteroatoms. The first kappa shape index (κ1) is 13.6. The number of rotatable bonds is 5. The highest BCUT2D eigenvalue weighted by Crippen LogP contribution is 2.26. The van der Waals surface area contributed by atoms with E-state index in [2.05, 4.69) is 44.3 Å². The van der Waals surface area contributed by atoms with Gasteiger partial charge in [-0.3, -0.25) is 0 Å². The molecule has 0 saturated carbocycles. The van der Waals surface area contributed by atoms with E-state index in [-0.39, 0.29) is 6.04 Å². The SMILES string of the molecule is CCC(C)NC(C)C(O)c1ccc2c(c1)CCC2. The van der Waals surface area contributed by atoms with Gasteiger partial charge in [-0.15, -0.1) is 0 Å². The average Bonchev–Trinajstić information content (AvgIpc) is 2.84. The lowest BCUT2D eigenvalue weighted by Gasteiger charge is -2.24. The van der Waals surface area contributed by atoms with Gasteiger partial charge in [0.15, 0.2) is 0 Å². The smallest absolute Gasteiger partial charge is 0.0940 e. The predicted octanol–water partition coefficient (Wildman–Crippen LogP) is 2.99. The molecule has 2 nitrogen and oxygen atoms in total. The molecule has 0 saturated heterocycles. The first-order chi connectivity index (χ1) is 8.61. The van der Waals surface area contributed by atoms with Crippen LogP contribution in [0.5, 0.6) is 0 Å². The van der Waals surface area contributed by atoms with Crippen LogP contribution in [0.25, 0.3) is 0 Å². The fraction of sp³-hybridized carbons (Fsp3) is 0.625. The summed E-state index contributed by atoms with van der Waals surface area (Å²) in [5.74, 6) is 0. The van der Waals surface area contributed by atoms with Crippen molar-refractivity contribution in [3.05, 3.63) is 34.9 Å². The van der Waals surface area contributed by atoms with Crippen LogP contribution in [0, 0.1) is 0 Å². The molecular formula is C16H25NO. The molecule has 0 spiro atoms. The van der Waals surface area contributed by atoms with Crippen molar-refractivity contribution in [2.24, 2.45) is 0 Å². The van der Waals surface area contributed by atoms with Crippen LogP contribution in [0.3, 0.4) is 0 Å². The van der Waals surface area contributed by atoms with Crippen LogP contribution in [-0.4, -0.2) is 17.2 Å². The summed E-state index contributed by atoms with van der Waals surface area (Å²) in [6.07, 6.45) is 4.30. The fourth-order valence-corrected chi connectivity index (χ4v) is 2.72. The quantitative estimate of drug-likeness (QED) is 0.838. The summed E-state index contributed by atoms with van der Waals surface area (Å²) in [6.45, 7) is 6.38. The number of benzene rings is 1. The van der Waals surface area contributed by atoms with Crippen molar-refractivity contribution < 1.29 is 5.11 Å². The molecule has 1 aromatic rings. The average molecular weight is 247 g/mol. The van der Waals surface area contributed by atoms with E-state index in [0.29, 0.717) is 6.04 Å². The Labute approximate surface area is 110 Å². The number of hydrogen-bond donors (Lipinski definition) is 2. The summed E-state index contributed by atoms with van der Waals surface area (Å²) in [7, 11) is 0. The van der Waals surface area contributed by atoms with Crippen LogP contribution < -0.4 is 5.32 Å². The molecule has 0 bridgehead atoms. The molecule has 0 heterocycles. The zero-order valence-electron chi connectivity index (χ0n) is 11.7. The van der Waals surface area contributed by atoms with Crippen LogP contribution in [0.4, 0.5) is 0 Å². The fourth-order valence-electron chi connectivity index (χ4n) is 2.72. The zero-order valence-corrected chi connectivity index (χ0v) is 11.7. The number of nitrogens with one attached hydrogen (secondary N) is 1. The van der Waals surface area contributed by atoms with Crippen molar-refractivity contribution in [3.63, 3.8) is 0 Å². The number of aliphatic hydroxyl groups is 1. The molecule has 3 unspecified atom stereocenters.